The maximum Gasteiger partial charge on any atom is 0.0843 e. The van der Waals surface area contributed by atoms with Gasteiger partial charge in [-0.1, -0.05) is 24.3 Å². The molecule has 1 aromatic carbocycles. The van der Waals surface area contributed by atoms with Gasteiger partial charge in [0.05, 0.1) is 5.60 Å². The van der Waals surface area contributed by atoms with E-state index in [9.17, 15) is 5.11 Å². The summed E-state index contributed by atoms with van der Waals surface area (Å²) in [7, 11) is 0. The van der Waals surface area contributed by atoms with Gasteiger partial charge in [0.2, 0.25) is 0 Å². The molecule has 0 unspecified atom stereocenters. The molecule has 0 aromatic heterocycles. The lowest BCUT2D eigenvalue weighted by Gasteiger charge is -2.21. The SMILES string of the molecule is CC(C)(O)c1ccccc1CCCO. The molecule has 0 bridgehead atoms. The largest absolute Gasteiger partial charge is 0.396 e. The summed E-state index contributed by atoms with van der Waals surface area (Å²) in [5.74, 6) is 0. The Morgan fingerprint density at radius 2 is 1.86 bits per heavy atom. The fourth-order valence-corrected chi connectivity index (χ4v) is 1.60. The van der Waals surface area contributed by atoms with E-state index in [2.05, 4.69) is 0 Å². The van der Waals surface area contributed by atoms with Crippen LogP contribution >= 0.6 is 0 Å². The minimum atomic E-state index is -0.800. The standard InChI is InChI=1S/C12H18O2/c1-12(2,14)11-8-4-3-6-10(11)7-5-9-13/h3-4,6,8,13-14H,5,7,9H2,1-2H3. The highest BCUT2D eigenvalue weighted by atomic mass is 16.3. The molecular weight excluding hydrogens is 176 g/mol. The van der Waals surface area contributed by atoms with Crippen LogP contribution in [0.5, 0.6) is 0 Å². The third-order valence-electron chi connectivity index (χ3n) is 2.28. The zero-order valence-electron chi connectivity index (χ0n) is 8.83. The lowest BCUT2D eigenvalue weighted by Crippen LogP contribution is -2.18. The first-order valence-corrected chi connectivity index (χ1v) is 4.97. The highest BCUT2D eigenvalue weighted by Gasteiger charge is 2.18. The number of rotatable bonds is 4. The molecule has 0 saturated heterocycles. The van der Waals surface area contributed by atoms with E-state index in [4.69, 9.17) is 5.11 Å². The topological polar surface area (TPSA) is 40.5 Å². The maximum atomic E-state index is 9.91. The Hall–Kier alpha value is -0.860. The molecule has 0 aliphatic rings. The highest BCUT2D eigenvalue weighted by molar-refractivity contribution is 5.31. The normalized spacial score (nSPS) is 11.7. The van der Waals surface area contributed by atoms with Crippen molar-refractivity contribution in [2.45, 2.75) is 32.3 Å². The van der Waals surface area contributed by atoms with Crippen LogP contribution < -0.4 is 0 Å². The second-order valence-electron chi connectivity index (χ2n) is 4.04. The predicted octanol–water partition coefficient (Wildman–Crippen LogP) is 1.84. The summed E-state index contributed by atoms with van der Waals surface area (Å²) in [6.07, 6.45) is 1.56. The summed E-state index contributed by atoms with van der Waals surface area (Å²) < 4.78 is 0. The Morgan fingerprint density at radius 3 is 2.43 bits per heavy atom. The van der Waals surface area contributed by atoms with Gasteiger partial charge >= 0.3 is 0 Å². The van der Waals surface area contributed by atoms with E-state index in [1.165, 1.54) is 0 Å². The minimum Gasteiger partial charge on any atom is -0.396 e. The smallest absolute Gasteiger partial charge is 0.0843 e. The van der Waals surface area contributed by atoms with Crippen LogP contribution in [0.2, 0.25) is 0 Å². The van der Waals surface area contributed by atoms with Gasteiger partial charge < -0.3 is 10.2 Å². The van der Waals surface area contributed by atoms with Crippen LogP contribution in [0.3, 0.4) is 0 Å². The fourth-order valence-electron chi connectivity index (χ4n) is 1.60. The van der Waals surface area contributed by atoms with Crippen molar-refractivity contribution in [2.75, 3.05) is 6.61 Å². The molecular formula is C12H18O2. The Labute approximate surface area is 85.2 Å². The molecule has 0 aliphatic carbocycles. The summed E-state index contributed by atoms with van der Waals surface area (Å²) in [5, 5.41) is 18.7. The van der Waals surface area contributed by atoms with Gasteiger partial charge in [-0.05, 0) is 37.8 Å². The molecule has 0 heterocycles. The first kappa shape index (κ1) is 11.2. The summed E-state index contributed by atoms with van der Waals surface area (Å²) >= 11 is 0. The number of benzene rings is 1. The van der Waals surface area contributed by atoms with E-state index in [0.717, 1.165) is 24.0 Å². The van der Waals surface area contributed by atoms with Crippen molar-refractivity contribution in [3.63, 3.8) is 0 Å². The van der Waals surface area contributed by atoms with Gasteiger partial charge in [-0.2, -0.15) is 0 Å². The van der Waals surface area contributed by atoms with E-state index in [-0.39, 0.29) is 6.61 Å². The van der Waals surface area contributed by atoms with Crippen molar-refractivity contribution in [1.29, 1.82) is 0 Å². The molecule has 78 valence electrons. The summed E-state index contributed by atoms with van der Waals surface area (Å²) in [5.41, 5.74) is 1.27. The molecule has 1 aromatic rings. The molecule has 0 amide bonds. The number of aliphatic hydroxyl groups is 2. The lowest BCUT2D eigenvalue weighted by molar-refractivity contribution is 0.0775. The number of hydrogen-bond donors (Lipinski definition) is 2. The first-order valence-electron chi connectivity index (χ1n) is 4.97. The zero-order valence-corrected chi connectivity index (χ0v) is 8.83. The van der Waals surface area contributed by atoms with Gasteiger partial charge in [-0.3, -0.25) is 0 Å². The average molecular weight is 194 g/mol. The Balaban J connectivity index is 2.92. The number of aliphatic hydroxyl groups excluding tert-OH is 1. The molecule has 2 heteroatoms. The van der Waals surface area contributed by atoms with Crippen LogP contribution in [-0.2, 0) is 12.0 Å². The van der Waals surface area contributed by atoms with E-state index in [0.29, 0.717) is 0 Å². The molecule has 2 N–H and O–H groups in total. The third kappa shape index (κ3) is 2.82. The quantitative estimate of drug-likeness (QED) is 0.767. The zero-order chi connectivity index (χ0) is 10.6. The van der Waals surface area contributed by atoms with E-state index in [1.807, 2.05) is 24.3 Å². The Kier molecular flexibility index (Phi) is 3.67. The number of hydrogen-bond acceptors (Lipinski definition) is 2. The fraction of sp³-hybridized carbons (Fsp3) is 0.500. The Bertz CT molecular complexity index is 287. The van der Waals surface area contributed by atoms with Gasteiger partial charge in [0.25, 0.3) is 0 Å². The van der Waals surface area contributed by atoms with Crippen LogP contribution in [0, 0.1) is 0 Å². The van der Waals surface area contributed by atoms with Gasteiger partial charge in [0.1, 0.15) is 0 Å². The monoisotopic (exact) mass is 194 g/mol. The van der Waals surface area contributed by atoms with E-state index in [1.54, 1.807) is 13.8 Å². The van der Waals surface area contributed by atoms with Gasteiger partial charge in [-0.15, -0.1) is 0 Å². The van der Waals surface area contributed by atoms with Gasteiger partial charge in [-0.25, -0.2) is 0 Å². The van der Waals surface area contributed by atoms with E-state index >= 15 is 0 Å². The van der Waals surface area contributed by atoms with E-state index < -0.39 is 5.60 Å². The van der Waals surface area contributed by atoms with Crippen LogP contribution in [0.1, 0.15) is 31.4 Å². The Morgan fingerprint density at radius 1 is 1.21 bits per heavy atom. The van der Waals surface area contributed by atoms with Crippen LogP contribution in [0.25, 0.3) is 0 Å². The highest BCUT2D eigenvalue weighted by Crippen LogP contribution is 2.24. The van der Waals surface area contributed by atoms with Gasteiger partial charge in [0.15, 0.2) is 0 Å². The molecule has 0 saturated carbocycles. The van der Waals surface area contributed by atoms with Crippen molar-refractivity contribution in [3.05, 3.63) is 35.4 Å². The second kappa shape index (κ2) is 4.58. The maximum absolute atomic E-state index is 9.91. The molecule has 0 fully saturated rings. The first-order chi connectivity index (χ1) is 6.55. The molecule has 14 heavy (non-hydrogen) atoms. The summed E-state index contributed by atoms with van der Waals surface area (Å²) in [6, 6.07) is 7.83. The lowest BCUT2D eigenvalue weighted by atomic mass is 9.91. The van der Waals surface area contributed by atoms with Crippen molar-refractivity contribution in [2.24, 2.45) is 0 Å². The number of aryl methyl sites for hydroxylation is 1. The van der Waals surface area contributed by atoms with Crippen molar-refractivity contribution < 1.29 is 10.2 Å². The van der Waals surface area contributed by atoms with Crippen molar-refractivity contribution >= 4 is 0 Å². The molecule has 1 rings (SSSR count). The third-order valence-corrected chi connectivity index (χ3v) is 2.28. The van der Waals surface area contributed by atoms with Crippen molar-refractivity contribution in [3.8, 4) is 0 Å². The molecule has 0 spiro atoms. The second-order valence-corrected chi connectivity index (χ2v) is 4.04. The van der Waals surface area contributed by atoms with Crippen molar-refractivity contribution in [1.82, 2.24) is 0 Å². The van der Waals surface area contributed by atoms with Crippen LogP contribution in [0.15, 0.2) is 24.3 Å². The predicted molar refractivity (Wildman–Crippen MR) is 57.1 cm³/mol. The molecule has 2 nitrogen and oxygen atoms in total. The van der Waals surface area contributed by atoms with Gasteiger partial charge in [0, 0.05) is 6.61 Å². The summed E-state index contributed by atoms with van der Waals surface area (Å²) in [6.45, 7) is 3.76. The minimum absolute atomic E-state index is 0.195. The molecule has 0 radical (unpaired) electrons. The van der Waals surface area contributed by atoms with Crippen LogP contribution in [0.4, 0.5) is 0 Å². The van der Waals surface area contributed by atoms with Crippen LogP contribution in [-0.4, -0.2) is 16.8 Å². The molecule has 0 atom stereocenters. The molecule has 0 aliphatic heterocycles. The average Bonchev–Trinajstić information content (AvgIpc) is 2.14. The summed E-state index contributed by atoms with van der Waals surface area (Å²) in [4.78, 5) is 0.